The number of halogens is 1. The summed E-state index contributed by atoms with van der Waals surface area (Å²) in [7, 11) is 0. The van der Waals surface area contributed by atoms with Crippen molar-refractivity contribution >= 4 is 17.2 Å². The summed E-state index contributed by atoms with van der Waals surface area (Å²) in [5.74, 6) is 1.69. The van der Waals surface area contributed by atoms with Crippen LogP contribution in [0.4, 0.5) is 0 Å². The number of hydrogen-bond donors (Lipinski definition) is 0. The first-order chi connectivity index (χ1) is 6.84. The second-order valence-corrected chi connectivity index (χ2v) is 4.20. The van der Waals surface area contributed by atoms with Crippen LogP contribution >= 0.6 is 11.6 Å². The third-order valence-corrected chi connectivity index (χ3v) is 3.10. The van der Waals surface area contributed by atoms with Gasteiger partial charge in [-0.05, 0) is 18.9 Å². The van der Waals surface area contributed by atoms with Crippen LogP contribution in [0.5, 0.6) is 0 Å². The molecule has 2 aromatic heterocycles. The first-order valence-electron chi connectivity index (χ1n) is 4.85. The molecule has 2 heterocycles. The molecule has 1 aliphatic carbocycles. The molecule has 1 fully saturated rings. The van der Waals surface area contributed by atoms with E-state index in [9.17, 15) is 0 Å². The number of nitrogens with zero attached hydrogens (tertiary/aromatic N) is 3. The van der Waals surface area contributed by atoms with Crippen molar-refractivity contribution in [3.05, 3.63) is 29.2 Å². The third kappa shape index (κ3) is 1.12. The lowest BCUT2D eigenvalue weighted by atomic mass is 9.85. The van der Waals surface area contributed by atoms with Crippen LogP contribution in [0.1, 0.15) is 31.0 Å². The monoisotopic (exact) mass is 207 g/mol. The maximum absolute atomic E-state index is 5.87. The summed E-state index contributed by atoms with van der Waals surface area (Å²) >= 11 is 5.87. The van der Waals surface area contributed by atoms with Crippen molar-refractivity contribution in [2.75, 3.05) is 0 Å². The van der Waals surface area contributed by atoms with E-state index in [1.807, 2.05) is 22.7 Å². The van der Waals surface area contributed by atoms with Crippen molar-refractivity contribution in [3.63, 3.8) is 0 Å². The molecule has 14 heavy (non-hydrogen) atoms. The first kappa shape index (κ1) is 8.24. The van der Waals surface area contributed by atoms with Gasteiger partial charge in [0.25, 0.3) is 0 Å². The minimum atomic E-state index is 0.603. The largest absolute Gasteiger partial charge is 0.286 e. The highest BCUT2D eigenvalue weighted by Gasteiger charge is 2.24. The Bertz CT molecular complexity index is 473. The zero-order valence-corrected chi connectivity index (χ0v) is 8.41. The van der Waals surface area contributed by atoms with E-state index < -0.39 is 0 Å². The summed E-state index contributed by atoms with van der Waals surface area (Å²) in [5.41, 5.74) is 0.847. The molecule has 0 saturated heterocycles. The lowest BCUT2D eigenvalue weighted by Crippen LogP contribution is -2.12. The van der Waals surface area contributed by atoms with Crippen molar-refractivity contribution in [2.24, 2.45) is 0 Å². The average molecular weight is 208 g/mol. The predicted molar refractivity (Wildman–Crippen MR) is 54.6 cm³/mol. The van der Waals surface area contributed by atoms with E-state index in [4.69, 9.17) is 11.6 Å². The Labute approximate surface area is 86.7 Å². The number of fused-ring (bicyclic) bond motifs is 1. The molecule has 3 rings (SSSR count). The molecule has 1 saturated carbocycles. The van der Waals surface area contributed by atoms with E-state index in [1.165, 1.54) is 19.3 Å². The highest BCUT2D eigenvalue weighted by atomic mass is 35.5. The summed E-state index contributed by atoms with van der Waals surface area (Å²) in [6.07, 6.45) is 5.74. The van der Waals surface area contributed by atoms with E-state index in [0.29, 0.717) is 10.9 Å². The van der Waals surface area contributed by atoms with Gasteiger partial charge in [-0.3, -0.25) is 4.40 Å². The van der Waals surface area contributed by atoms with Crippen molar-refractivity contribution in [3.8, 4) is 0 Å². The van der Waals surface area contributed by atoms with Gasteiger partial charge in [0.05, 0.1) is 0 Å². The van der Waals surface area contributed by atoms with E-state index in [1.54, 1.807) is 0 Å². The third-order valence-electron chi connectivity index (χ3n) is 2.87. The van der Waals surface area contributed by atoms with Gasteiger partial charge in [-0.2, -0.15) is 0 Å². The van der Waals surface area contributed by atoms with E-state index in [0.717, 1.165) is 11.5 Å². The van der Waals surface area contributed by atoms with Gasteiger partial charge in [-0.1, -0.05) is 18.0 Å². The molecule has 0 aromatic carbocycles. The molecule has 0 amide bonds. The smallest absolute Gasteiger partial charge is 0.162 e. The van der Waals surface area contributed by atoms with Crippen LogP contribution < -0.4 is 0 Å². The Kier molecular flexibility index (Phi) is 1.74. The molecule has 2 aromatic rings. The Morgan fingerprint density at radius 1 is 1.36 bits per heavy atom. The van der Waals surface area contributed by atoms with E-state index >= 15 is 0 Å². The minimum Gasteiger partial charge on any atom is -0.286 e. The molecule has 0 N–H and O–H groups in total. The standard InChI is InChI=1S/C10H10ClN3/c11-8-4-5-14-9(6-8)12-13-10(14)7-2-1-3-7/h4-7H,1-3H2. The predicted octanol–water partition coefficient (Wildman–Crippen LogP) is 2.65. The molecule has 4 heteroatoms. The normalized spacial score (nSPS) is 17.2. The van der Waals surface area contributed by atoms with Crippen LogP contribution in [0.15, 0.2) is 18.3 Å². The zero-order valence-electron chi connectivity index (χ0n) is 7.65. The molecule has 0 spiro atoms. The Balaban J connectivity index is 2.16. The Morgan fingerprint density at radius 2 is 2.21 bits per heavy atom. The number of aromatic nitrogens is 3. The Morgan fingerprint density at radius 3 is 2.93 bits per heavy atom. The number of hydrogen-bond acceptors (Lipinski definition) is 2. The molecule has 0 atom stereocenters. The second-order valence-electron chi connectivity index (χ2n) is 3.76. The Hall–Kier alpha value is -1.09. The van der Waals surface area contributed by atoms with Crippen LogP contribution in [0, 0.1) is 0 Å². The second kappa shape index (κ2) is 2.95. The van der Waals surface area contributed by atoms with E-state index in [-0.39, 0.29) is 0 Å². The summed E-state index contributed by atoms with van der Waals surface area (Å²) in [5, 5.41) is 9.04. The van der Waals surface area contributed by atoms with Gasteiger partial charge in [0.2, 0.25) is 0 Å². The van der Waals surface area contributed by atoms with Gasteiger partial charge in [0.1, 0.15) is 5.82 Å². The molecule has 0 bridgehead atoms. The average Bonchev–Trinajstić information content (AvgIpc) is 2.45. The summed E-state index contributed by atoms with van der Waals surface area (Å²) in [4.78, 5) is 0. The summed E-state index contributed by atoms with van der Waals surface area (Å²) in [6.45, 7) is 0. The van der Waals surface area contributed by atoms with Crippen LogP contribution in [-0.2, 0) is 0 Å². The molecule has 72 valence electrons. The topological polar surface area (TPSA) is 30.2 Å². The van der Waals surface area contributed by atoms with Gasteiger partial charge in [0, 0.05) is 23.2 Å². The van der Waals surface area contributed by atoms with Crippen molar-refractivity contribution in [1.29, 1.82) is 0 Å². The fourth-order valence-electron chi connectivity index (χ4n) is 1.83. The van der Waals surface area contributed by atoms with Crippen LogP contribution in [0.3, 0.4) is 0 Å². The molecule has 1 aliphatic rings. The molecule has 0 aliphatic heterocycles. The fourth-order valence-corrected chi connectivity index (χ4v) is 1.98. The molecule has 0 radical (unpaired) electrons. The molecular weight excluding hydrogens is 198 g/mol. The van der Waals surface area contributed by atoms with Gasteiger partial charge in [0.15, 0.2) is 5.65 Å². The first-order valence-corrected chi connectivity index (χ1v) is 5.22. The van der Waals surface area contributed by atoms with Crippen molar-refractivity contribution in [1.82, 2.24) is 14.6 Å². The van der Waals surface area contributed by atoms with Gasteiger partial charge in [-0.25, -0.2) is 0 Å². The van der Waals surface area contributed by atoms with E-state index in [2.05, 4.69) is 10.2 Å². The van der Waals surface area contributed by atoms with Crippen molar-refractivity contribution < 1.29 is 0 Å². The van der Waals surface area contributed by atoms with Crippen LogP contribution in [0.2, 0.25) is 5.02 Å². The lowest BCUT2D eigenvalue weighted by Gasteiger charge is -2.23. The fraction of sp³-hybridized carbons (Fsp3) is 0.400. The zero-order chi connectivity index (χ0) is 9.54. The SMILES string of the molecule is Clc1ccn2c(C3CCC3)nnc2c1. The molecule has 3 nitrogen and oxygen atoms in total. The maximum atomic E-state index is 5.87. The maximum Gasteiger partial charge on any atom is 0.162 e. The molecular formula is C10H10ClN3. The van der Waals surface area contributed by atoms with Gasteiger partial charge in [-0.15, -0.1) is 10.2 Å². The highest BCUT2D eigenvalue weighted by Crippen LogP contribution is 2.35. The van der Waals surface area contributed by atoms with Crippen LogP contribution in [0.25, 0.3) is 5.65 Å². The number of rotatable bonds is 1. The minimum absolute atomic E-state index is 0.603. The quantitative estimate of drug-likeness (QED) is 0.720. The van der Waals surface area contributed by atoms with Gasteiger partial charge < -0.3 is 0 Å². The lowest BCUT2D eigenvalue weighted by molar-refractivity contribution is 0.399. The highest BCUT2D eigenvalue weighted by molar-refractivity contribution is 6.30. The summed E-state index contributed by atoms with van der Waals surface area (Å²) in [6, 6.07) is 3.72. The summed E-state index contributed by atoms with van der Waals surface area (Å²) < 4.78 is 2.04. The number of pyridine rings is 1. The van der Waals surface area contributed by atoms with Crippen LogP contribution in [-0.4, -0.2) is 14.6 Å². The van der Waals surface area contributed by atoms with Crippen molar-refractivity contribution in [2.45, 2.75) is 25.2 Å². The van der Waals surface area contributed by atoms with Gasteiger partial charge >= 0.3 is 0 Å². The molecule has 0 unspecified atom stereocenters.